The summed E-state index contributed by atoms with van der Waals surface area (Å²) in [6, 6.07) is 16.7. The van der Waals surface area contributed by atoms with Crippen molar-refractivity contribution in [2.45, 2.75) is 19.4 Å². The fourth-order valence-electron chi connectivity index (χ4n) is 2.88. The maximum Gasteiger partial charge on any atom is 0.407 e. The van der Waals surface area contributed by atoms with Crippen molar-refractivity contribution < 1.29 is 14.5 Å². The van der Waals surface area contributed by atoms with E-state index in [4.69, 9.17) is 4.74 Å². The lowest BCUT2D eigenvalue weighted by Gasteiger charge is -2.10. The van der Waals surface area contributed by atoms with Crippen LogP contribution in [0.2, 0.25) is 0 Å². The van der Waals surface area contributed by atoms with Crippen molar-refractivity contribution in [3.8, 4) is 0 Å². The standard InChI is InChI=1S/C21H22N4O4/c26-21(29-15-16-8-2-1-3-9-16)23-13-7-6-12-22-20-17-10-4-5-11-18(17)24-14-19(20)25(27)28/h1-5,8-11,14H,6-7,12-13,15H2,(H,22,24)(H,23,26). The van der Waals surface area contributed by atoms with Gasteiger partial charge in [-0.05, 0) is 24.5 Å². The molecule has 2 aromatic carbocycles. The summed E-state index contributed by atoms with van der Waals surface area (Å²) in [7, 11) is 0. The number of benzene rings is 2. The Morgan fingerprint density at radius 1 is 1.03 bits per heavy atom. The number of hydrogen-bond acceptors (Lipinski definition) is 6. The number of pyridine rings is 1. The number of amides is 1. The molecular formula is C21H22N4O4. The molecule has 0 unspecified atom stereocenters. The zero-order chi connectivity index (χ0) is 20.5. The van der Waals surface area contributed by atoms with Gasteiger partial charge in [-0.1, -0.05) is 48.5 Å². The Morgan fingerprint density at radius 2 is 1.76 bits per heavy atom. The van der Waals surface area contributed by atoms with Crippen molar-refractivity contribution in [2.24, 2.45) is 0 Å². The molecule has 0 aliphatic heterocycles. The monoisotopic (exact) mass is 394 g/mol. The lowest BCUT2D eigenvalue weighted by atomic mass is 10.1. The average molecular weight is 394 g/mol. The van der Waals surface area contributed by atoms with Gasteiger partial charge < -0.3 is 15.4 Å². The molecule has 3 rings (SSSR count). The van der Waals surface area contributed by atoms with E-state index >= 15 is 0 Å². The summed E-state index contributed by atoms with van der Waals surface area (Å²) in [6.07, 6.45) is 2.25. The molecule has 0 saturated carbocycles. The van der Waals surface area contributed by atoms with E-state index in [-0.39, 0.29) is 12.3 Å². The van der Waals surface area contributed by atoms with Gasteiger partial charge in [0, 0.05) is 18.5 Å². The molecular weight excluding hydrogens is 372 g/mol. The molecule has 0 aliphatic carbocycles. The molecule has 8 heteroatoms. The molecule has 1 amide bonds. The van der Waals surface area contributed by atoms with E-state index in [0.717, 1.165) is 12.0 Å². The maximum absolute atomic E-state index is 11.7. The minimum Gasteiger partial charge on any atom is -0.445 e. The summed E-state index contributed by atoms with van der Waals surface area (Å²) in [4.78, 5) is 26.7. The molecule has 0 radical (unpaired) electrons. The van der Waals surface area contributed by atoms with Crippen molar-refractivity contribution in [1.29, 1.82) is 0 Å². The van der Waals surface area contributed by atoms with Crippen LogP contribution in [0.5, 0.6) is 0 Å². The summed E-state index contributed by atoms with van der Waals surface area (Å²) in [5.74, 6) is 0. The number of hydrogen-bond donors (Lipinski definition) is 2. The van der Waals surface area contributed by atoms with Crippen LogP contribution < -0.4 is 10.6 Å². The highest BCUT2D eigenvalue weighted by atomic mass is 16.6. The second kappa shape index (κ2) is 10.0. The van der Waals surface area contributed by atoms with Crippen LogP contribution in [0.15, 0.2) is 60.8 Å². The van der Waals surface area contributed by atoms with E-state index in [1.54, 1.807) is 0 Å². The number of unbranched alkanes of at least 4 members (excludes halogenated alkanes) is 1. The van der Waals surface area contributed by atoms with Gasteiger partial charge in [0.1, 0.15) is 18.5 Å². The van der Waals surface area contributed by atoms with Crippen LogP contribution in [-0.4, -0.2) is 29.1 Å². The van der Waals surface area contributed by atoms with Crippen LogP contribution in [-0.2, 0) is 11.3 Å². The number of nitrogens with zero attached hydrogens (tertiary/aromatic N) is 2. The van der Waals surface area contributed by atoms with Crippen LogP contribution in [0.4, 0.5) is 16.2 Å². The lowest BCUT2D eigenvalue weighted by molar-refractivity contribution is -0.384. The molecule has 0 spiro atoms. The third-order valence-corrected chi connectivity index (χ3v) is 4.34. The summed E-state index contributed by atoms with van der Waals surface area (Å²) >= 11 is 0. The Kier molecular flexibility index (Phi) is 6.94. The molecule has 2 N–H and O–H groups in total. The zero-order valence-electron chi connectivity index (χ0n) is 15.8. The SMILES string of the molecule is O=C(NCCCCNc1c([N+](=O)[O-])cnc2ccccc12)OCc1ccccc1. The van der Waals surface area contributed by atoms with E-state index in [1.165, 1.54) is 6.20 Å². The van der Waals surface area contributed by atoms with Crippen LogP contribution in [0.1, 0.15) is 18.4 Å². The molecule has 8 nitrogen and oxygen atoms in total. The number of rotatable bonds is 9. The third kappa shape index (κ3) is 5.65. The minimum absolute atomic E-state index is 0.0497. The number of alkyl carbamates (subject to hydrolysis) is 1. The fraction of sp³-hybridized carbons (Fsp3) is 0.238. The Bertz CT molecular complexity index is 979. The molecule has 0 aliphatic rings. The van der Waals surface area contributed by atoms with Gasteiger partial charge in [0.25, 0.3) is 0 Å². The van der Waals surface area contributed by atoms with Crippen molar-refractivity contribution in [1.82, 2.24) is 10.3 Å². The molecule has 1 heterocycles. The predicted molar refractivity (Wildman–Crippen MR) is 111 cm³/mol. The normalized spacial score (nSPS) is 10.5. The molecule has 150 valence electrons. The van der Waals surface area contributed by atoms with E-state index in [0.29, 0.717) is 36.1 Å². The van der Waals surface area contributed by atoms with E-state index in [9.17, 15) is 14.9 Å². The smallest absolute Gasteiger partial charge is 0.407 e. The van der Waals surface area contributed by atoms with Gasteiger partial charge in [-0.3, -0.25) is 10.1 Å². The van der Waals surface area contributed by atoms with Crippen LogP contribution in [0.25, 0.3) is 10.9 Å². The van der Waals surface area contributed by atoms with E-state index in [1.807, 2.05) is 54.6 Å². The summed E-state index contributed by atoms with van der Waals surface area (Å²) in [5, 5.41) is 17.9. The highest BCUT2D eigenvalue weighted by molar-refractivity contribution is 5.95. The van der Waals surface area contributed by atoms with Gasteiger partial charge in [0.2, 0.25) is 0 Å². The molecule has 0 fully saturated rings. The quantitative estimate of drug-likeness (QED) is 0.319. The summed E-state index contributed by atoms with van der Waals surface area (Å²) < 4.78 is 5.15. The molecule has 0 bridgehead atoms. The topological polar surface area (TPSA) is 106 Å². The van der Waals surface area contributed by atoms with Gasteiger partial charge in [-0.15, -0.1) is 0 Å². The Morgan fingerprint density at radius 3 is 2.55 bits per heavy atom. The first-order valence-electron chi connectivity index (χ1n) is 9.35. The zero-order valence-corrected chi connectivity index (χ0v) is 15.8. The Balaban J connectivity index is 1.42. The first-order chi connectivity index (χ1) is 14.1. The summed E-state index contributed by atoms with van der Waals surface area (Å²) in [5.41, 5.74) is 2.04. The molecule has 29 heavy (non-hydrogen) atoms. The van der Waals surface area contributed by atoms with Gasteiger partial charge in [0.05, 0.1) is 10.4 Å². The minimum atomic E-state index is -0.461. The van der Waals surface area contributed by atoms with Crippen molar-refractivity contribution in [3.63, 3.8) is 0 Å². The Hall–Kier alpha value is -3.68. The van der Waals surface area contributed by atoms with Gasteiger partial charge in [0.15, 0.2) is 0 Å². The molecule has 0 saturated heterocycles. The lowest BCUT2D eigenvalue weighted by Crippen LogP contribution is -2.25. The second-order valence-electron chi connectivity index (χ2n) is 6.42. The van der Waals surface area contributed by atoms with Crippen LogP contribution in [0, 0.1) is 10.1 Å². The average Bonchev–Trinajstić information content (AvgIpc) is 2.75. The number of anilines is 1. The fourth-order valence-corrected chi connectivity index (χ4v) is 2.88. The van der Waals surface area contributed by atoms with E-state index in [2.05, 4.69) is 15.6 Å². The third-order valence-electron chi connectivity index (χ3n) is 4.34. The number of aromatic nitrogens is 1. The number of para-hydroxylation sites is 1. The highest BCUT2D eigenvalue weighted by Crippen LogP contribution is 2.31. The predicted octanol–water partition coefficient (Wildman–Crippen LogP) is 4.26. The van der Waals surface area contributed by atoms with Gasteiger partial charge >= 0.3 is 11.8 Å². The number of carbonyl (C=O) groups is 1. The van der Waals surface area contributed by atoms with Gasteiger partial charge in [-0.25, -0.2) is 9.78 Å². The number of fused-ring (bicyclic) bond motifs is 1. The van der Waals surface area contributed by atoms with Crippen LogP contribution in [0.3, 0.4) is 0 Å². The maximum atomic E-state index is 11.7. The number of carbonyl (C=O) groups excluding carboxylic acids is 1. The number of nitrogens with one attached hydrogen (secondary N) is 2. The first kappa shape index (κ1) is 20.1. The number of ether oxygens (including phenoxy) is 1. The second-order valence-corrected chi connectivity index (χ2v) is 6.42. The van der Waals surface area contributed by atoms with Crippen LogP contribution >= 0.6 is 0 Å². The van der Waals surface area contributed by atoms with E-state index < -0.39 is 11.0 Å². The molecule has 3 aromatic rings. The van der Waals surface area contributed by atoms with Gasteiger partial charge in [-0.2, -0.15) is 0 Å². The Labute approximate surface area is 168 Å². The molecule has 1 aromatic heterocycles. The molecule has 0 atom stereocenters. The summed E-state index contributed by atoms with van der Waals surface area (Å²) in [6.45, 7) is 1.23. The van der Waals surface area contributed by atoms with Crippen molar-refractivity contribution >= 4 is 28.4 Å². The largest absolute Gasteiger partial charge is 0.445 e. The number of nitro groups is 1. The van der Waals surface area contributed by atoms with Crippen molar-refractivity contribution in [2.75, 3.05) is 18.4 Å². The van der Waals surface area contributed by atoms with Crippen molar-refractivity contribution in [3.05, 3.63) is 76.5 Å². The first-order valence-corrected chi connectivity index (χ1v) is 9.35. The highest BCUT2D eigenvalue weighted by Gasteiger charge is 2.17.